The van der Waals surface area contributed by atoms with Crippen LogP contribution in [-0.4, -0.2) is 19.9 Å². The van der Waals surface area contributed by atoms with Gasteiger partial charge in [0.15, 0.2) is 5.82 Å². The Morgan fingerprint density at radius 3 is 2.81 bits per heavy atom. The molecule has 2 aromatic heterocycles. The van der Waals surface area contributed by atoms with Crippen molar-refractivity contribution in [3.05, 3.63) is 53.9 Å². The highest BCUT2D eigenvalue weighted by atomic mass is 16.5. The average molecular weight is 283 g/mol. The molecule has 0 radical (unpaired) electrons. The third kappa shape index (κ3) is 2.79. The molecule has 0 bridgehead atoms. The van der Waals surface area contributed by atoms with Crippen LogP contribution in [0.4, 0.5) is 5.69 Å². The zero-order chi connectivity index (χ0) is 14.7. The molecule has 0 unspecified atom stereocenters. The van der Waals surface area contributed by atoms with Gasteiger partial charge in [-0.2, -0.15) is 10.1 Å². The van der Waals surface area contributed by atoms with Crippen LogP contribution in [-0.2, 0) is 13.0 Å². The first kappa shape index (κ1) is 13.4. The second-order valence-electron chi connectivity index (χ2n) is 4.71. The van der Waals surface area contributed by atoms with Gasteiger partial charge in [-0.05, 0) is 25.1 Å². The number of aryl methyl sites for hydroxylation is 2. The highest BCUT2D eigenvalue weighted by Gasteiger charge is 2.09. The van der Waals surface area contributed by atoms with Crippen molar-refractivity contribution in [3.63, 3.8) is 0 Å². The molecule has 2 heterocycles. The summed E-state index contributed by atoms with van der Waals surface area (Å²) in [7, 11) is 0. The Morgan fingerprint density at radius 1 is 1.24 bits per heavy atom. The molecule has 0 saturated heterocycles. The predicted molar refractivity (Wildman–Crippen MR) is 79.3 cm³/mol. The summed E-state index contributed by atoms with van der Waals surface area (Å²) in [6.45, 7) is 4.51. The fourth-order valence-electron chi connectivity index (χ4n) is 2.11. The van der Waals surface area contributed by atoms with Crippen molar-refractivity contribution in [3.8, 4) is 5.69 Å². The summed E-state index contributed by atoms with van der Waals surface area (Å²) in [4.78, 5) is 4.29. The van der Waals surface area contributed by atoms with Gasteiger partial charge in [0.05, 0.1) is 17.9 Å². The molecular formula is C15H17N5O. The molecule has 0 saturated carbocycles. The van der Waals surface area contributed by atoms with Crippen LogP contribution in [0.1, 0.15) is 24.3 Å². The van der Waals surface area contributed by atoms with E-state index in [2.05, 4.69) is 20.6 Å². The summed E-state index contributed by atoms with van der Waals surface area (Å²) in [6, 6.07) is 9.98. The van der Waals surface area contributed by atoms with E-state index >= 15 is 0 Å². The van der Waals surface area contributed by atoms with Gasteiger partial charge in [-0.25, -0.2) is 4.68 Å². The molecule has 1 N–H and O–H groups in total. The number of rotatable bonds is 5. The van der Waals surface area contributed by atoms with Crippen LogP contribution in [0, 0.1) is 6.92 Å². The number of nitrogens with zero attached hydrogens (tertiary/aromatic N) is 4. The van der Waals surface area contributed by atoms with Gasteiger partial charge in [0.2, 0.25) is 5.89 Å². The number of para-hydroxylation sites is 2. The Hall–Kier alpha value is -2.63. The van der Waals surface area contributed by atoms with Gasteiger partial charge >= 0.3 is 0 Å². The maximum Gasteiger partial charge on any atom is 0.245 e. The van der Waals surface area contributed by atoms with Crippen molar-refractivity contribution in [2.75, 3.05) is 5.32 Å². The van der Waals surface area contributed by atoms with Crippen LogP contribution in [0.25, 0.3) is 5.69 Å². The minimum atomic E-state index is 0.490. The maximum atomic E-state index is 5.19. The zero-order valence-electron chi connectivity index (χ0n) is 12.1. The summed E-state index contributed by atoms with van der Waals surface area (Å²) in [5.41, 5.74) is 3.05. The monoisotopic (exact) mass is 283 g/mol. The van der Waals surface area contributed by atoms with Crippen molar-refractivity contribution < 1.29 is 4.52 Å². The third-order valence-electron chi connectivity index (χ3n) is 3.22. The standard InChI is InChI=1S/C15H17N5O/c1-3-14-18-15(21-19-14)10-16-12-6-4-5-7-13(12)20-11(2)8-9-17-20/h4-9,16H,3,10H2,1-2H3. The Morgan fingerprint density at radius 2 is 2.10 bits per heavy atom. The summed E-state index contributed by atoms with van der Waals surface area (Å²) in [6.07, 6.45) is 2.56. The van der Waals surface area contributed by atoms with Crippen molar-refractivity contribution in [2.24, 2.45) is 0 Å². The first-order chi connectivity index (χ1) is 10.3. The molecule has 21 heavy (non-hydrogen) atoms. The van der Waals surface area contributed by atoms with E-state index in [0.717, 1.165) is 29.3 Å². The fraction of sp³-hybridized carbons (Fsp3) is 0.267. The second-order valence-corrected chi connectivity index (χ2v) is 4.71. The smallest absolute Gasteiger partial charge is 0.245 e. The topological polar surface area (TPSA) is 68.8 Å². The van der Waals surface area contributed by atoms with Crippen molar-refractivity contribution in [1.82, 2.24) is 19.9 Å². The molecule has 3 rings (SSSR count). The highest BCUT2D eigenvalue weighted by molar-refractivity contribution is 5.60. The minimum Gasteiger partial charge on any atom is -0.374 e. The van der Waals surface area contributed by atoms with E-state index in [4.69, 9.17) is 4.52 Å². The Balaban J connectivity index is 1.81. The SMILES string of the molecule is CCc1noc(CNc2ccccc2-n2nccc2C)n1. The van der Waals surface area contributed by atoms with E-state index in [1.807, 2.05) is 48.9 Å². The first-order valence-electron chi connectivity index (χ1n) is 6.93. The molecular weight excluding hydrogens is 266 g/mol. The summed E-state index contributed by atoms with van der Waals surface area (Å²) < 4.78 is 7.08. The summed E-state index contributed by atoms with van der Waals surface area (Å²) in [5.74, 6) is 1.31. The van der Waals surface area contributed by atoms with E-state index in [-0.39, 0.29) is 0 Å². The Bertz CT molecular complexity index is 731. The van der Waals surface area contributed by atoms with E-state index in [1.165, 1.54) is 0 Å². The van der Waals surface area contributed by atoms with Crippen LogP contribution in [0.2, 0.25) is 0 Å². The summed E-state index contributed by atoms with van der Waals surface area (Å²) >= 11 is 0. The average Bonchev–Trinajstić information content (AvgIpc) is 3.14. The van der Waals surface area contributed by atoms with Crippen LogP contribution in [0.15, 0.2) is 41.1 Å². The zero-order valence-corrected chi connectivity index (χ0v) is 12.1. The molecule has 6 heteroatoms. The summed E-state index contributed by atoms with van der Waals surface area (Å²) in [5, 5.41) is 11.6. The van der Waals surface area contributed by atoms with Gasteiger partial charge in [0.25, 0.3) is 0 Å². The van der Waals surface area contributed by atoms with Crippen molar-refractivity contribution in [2.45, 2.75) is 26.8 Å². The molecule has 0 aliphatic heterocycles. The van der Waals surface area contributed by atoms with Crippen LogP contribution in [0.5, 0.6) is 0 Å². The third-order valence-corrected chi connectivity index (χ3v) is 3.22. The Labute approximate surface area is 122 Å². The molecule has 0 spiro atoms. The molecule has 6 nitrogen and oxygen atoms in total. The largest absolute Gasteiger partial charge is 0.374 e. The van der Waals surface area contributed by atoms with Gasteiger partial charge in [0.1, 0.15) is 0 Å². The molecule has 108 valence electrons. The highest BCUT2D eigenvalue weighted by Crippen LogP contribution is 2.21. The van der Waals surface area contributed by atoms with Gasteiger partial charge in [-0.3, -0.25) is 0 Å². The Kier molecular flexibility index (Phi) is 3.68. The molecule has 0 fully saturated rings. The van der Waals surface area contributed by atoms with Gasteiger partial charge in [0, 0.05) is 18.3 Å². The normalized spacial score (nSPS) is 10.8. The maximum absolute atomic E-state index is 5.19. The number of benzene rings is 1. The van der Waals surface area contributed by atoms with Crippen molar-refractivity contribution >= 4 is 5.69 Å². The van der Waals surface area contributed by atoms with Crippen molar-refractivity contribution in [1.29, 1.82) is 0 Å². The number of anilines is 1. The predicted octanol–water partition coefficient (Wildman–Crippen LogP) is 2.74. The quantitative estimate of drug-likeness (QED) is 0.779. The molecule has 1 aromatic carbocycles. The molecule has 0 aliphatic rings. The van der Waals surface area contributed by atoms with Crippen LogP contribution >= 0.6 is 0 Å². The second kappa shape index (κ2) is 5.78. The van der Waals surface area contributed by atoms with E-state index in [1.54, 1.807) is 6.20 Å². The van der Waals surface area contributed by atoms with E-state index < -0.39 is 0 Å². The van der Waals surface area contributed by atoms with Gasteiger partial charge in [-0.15, -0.1) is 0 Å². The minimum absolute atomic E-state index is 0.490. The van der Waals surface area contributed by atoms with Gasteiger partial charge < -0.3 is 9.84 Å². The fourth-order valence-corrected chi connectivity index (χ4v) is 2.11. The van der Waals surface area contributed by atoms with Crippen LogP contribution < -0.4 is 5.32 Å². The molecule has 3 aromatic rings. The van der Waals surface area contributed by atoms with Gasteiger partial charge in [-0.1, -0.05) is 24.2 Å². The molecule has 0 amide bonds. The van der Waals surface area contributed by atoms with E-state index in [9.17, 15) is 0 Å². The van der Waals surface area contributed by atoms with E-state index in [0.29, 0.717) is 12.4 Å². The molecule has 0 atom stereocenters. The van der Waals surface area contributed by atoms with Crippen LogP contribution in [0.3, 0.4) is 0 Å². The number of nitrogens with one attached hydrogen (secondary N) is 1. The molecule has 0 aliphatic carbocycles. The first-order valence-corrected chi connectivity index (χ1v) is 6.93. The number of aromatic nitrogens is 4. The lowest BCUT2D eigenvalue weighted by Crippen LogP contribution is -2.06. The lowest BCUT2D eigenvalue weighted by atomic mass is 10.2. The number of hydrogen-bond donors (Lipinski definition) is 1. The number of hydrogen-bond acceptors (Lipinski definition) is 5. The lowest BCUT2D eigenvalue weighted by molar-refractivity contribution is 0.378. The lowest BCUT2D eigenvalue weighted by Gasteiger charge is -2.11.